The van der Waals surface area contributed by atoms with E-state index in [2.05, 4.69) is 19.3 Å². The first kappa shape index (κ1) is 16.0. The van der Waals surface area contributed by atoms with Crippen LogP contribution in [0.5, 0.6) is 0 Å². The number of halogens is 3. The molecule has 19 heavy (non-hydrogen) atoms. The van der Waals surface area contributed by atoms with E-state index in [1.165, 1.54) is 12.1 Å². The van der Waals surface area contributed by atoms with Gasteiger partial charge in [-0.2, -0.15) is 13.2 Å². The SMILES string of the molecule is CCC(CC)C(NN)c1ccc(C(F)(F)F)cc1C. The van der Waals surface area contributed by atoms with Gasteiger partial charge in [-0.1, -0.05) is 32.8 Å². The fraction of sp³-hybridized carbons (Fsp3) is 0.571. The van der Waals surface area contributed by atoms with Crippen molar-refractivity contribution in [2.24, 2.45) is 11.8 Å². The first-order chi connectivity index (χ1) is 8.85. The molecule has 0 spiro atoms. The van der Waals surface area contributed by atoms with Gasteiger partial charge < -0.3 is 0 Å². The zero-order valence-electron chi connectivity index (χ0n) is 11.5. The van der Waals surface area contributed by atoms with Crippen molar-refractivity contribution in [2.45, 2.75) is 45.8 Å². The molecule has 0 aliphatic carbocycles. The summed E-state index contributed by atoms with van der Waals surface area (Å²) >= 11 is 0. The number of benzene rings is 1. The van der Waals surface area contributed by atoms with Crippen molar-refractivity contribution in [1.82, 2.24) is 5.43 Å². The molecule has 1 atom stereocenters. The number of nitrogens with one attached hydrogen (secondary N) is 1. The number of aryl methyl sites for hydroxylation is 1. The smallest absolute Gasteiger partial charge is 0.271 e. The summed E-state index contributed by atoms with van der Waals surface area (Å²) in [5, 5.41) is 0. The number of nitrogens with two attached hydrogens (primary N) is 1. The topological polar surface area (TPSA) is 38.0 Å². The number of hydrazine groups is 1. The lowest BCUT2D eigenvalue weighted by Gasteiger charge is -2.26. The summed E-state index contributed by atoms with van der Waals surface area (Å²) in [6, 6.07) is 3.72. The molecule has 0 aromatic heterocycles. The summed E-state index contributed by atoms with van der Waals surface area (Å²) in [5.74, 6) is 5.88. The summed E-state index contributed by atoms with van der Waals surface area (Å²) < 4.78 is 37.9. The largest absolute Gasteiger partial charge is 0.416 e. The fourth-order valence-corrected chi connectivity index (χ4v) is 2.44. The molecule has 2 nitrogen and oxygen atoms in total. The molecule has 0 heterocycles. The average molecular weight is 274 g/mol. The van der Waals surface area contributed by atoms with E-state index in [1.54, 1.807) is 6.92 Å². The molecule has 0 saturated carbocycles. The van der Waals surface area contributed by atoms with Gasteiger partial charge in [0.05, 0.1) is 5.56 Å². The van der Waals surface area contributed by atoms with E-state index in [0.717, 1.165) is 24.5 Å². The van der Waals surface area contributed by atoms with Crippen LogP contribution in [0, 0.1) is 12.8 Å². The summed E-state index contributed by atoms with van der Waals surface area (Å²) in [5.41, 5.74) is 3.57. The predicted molar refractivity (Wildman–Crippen MR) is 70.3 cm³/mol. The van der Waals surface area contributed by atoms with Gasteiger partial charge in [0.15, 0.2) is 0 Å². The Hall–Kier alpha value is -1.07. The van der Waals surface area contributed by atoms with Gasteiger partial charge >= 0.3 is 6.18 Å². The highest BCUT2D eigenvalue weighted by atomic mass is 19.4. The third kappa shape index (κ3) is 3.70. The van der Waals surface area contributed by atoms with Gasteiger partial charge in [0.25, 0.3) is 0 Å². The molecule has 0 bridgehead atoms. The van der Waals surface area contributed by atoms with Crippen molar-refractivity contribution in [3.8, 4) is 0 Å². The molecule has 0 amide bonds. The van der Waals surface area contributed by atoms with Crippen LogP contribution in [0.1, 0.15) is 49.4 Å². The maximum atomic E-state index is 12.6. The Bertz CT molecular complexity index is 412. The van der Waals surface area contributed by atoms with Crippen LogP contribution in [0.4, 0.5) is 13.2 Å². The van der Waals surface area contributed by atoms with Crippen LogP contribution in [0.3, 0.4) is 0 Å². The third-order valence-electron chi connectivity index (χ3n) is 3.63. The van der Waals surface area contributed by atoms with Crippen LogP contribution in [0.2, 0.25) is 0 Å². The number of hydrogen-bond acceptors (Lipinski definition) is 2. The Morgan fingerprint density at radius 2 is 1.79 bits per heavy atom. The maximum absolute atomic E-state index is 12.6. The second-order valence-electron chi connectivity index (χ2n) is 4.79. The average Bonchev–Trinajstić information content (AvgIpc) is 2.35. The van der Waals surface area contributed by atoms with Gasteiger partial charge in [-0.05, 0) is 36.1 Å². The van der Waals surface area contributed by atoms with Gasteiger partial charge in [-0.25, -0.2) is 0 Å². The fourth-order valence-electron chi connectivity index (χ4n) is 2.44. The van der Waals surface area contributed by atoms with Crippen LogP contribution in [0.15, 0.2) is 18.2 Å². The standard InChI is InChI=1S/C14H21F3N2/c1-4-10(5-2)13(19-18)12-7-6-11(8-9(12)3)14(15,16)17/h6-8,10,13,19H,4-5,18H2,1-3H3. The van der Waals surface area contributed by atoms with Gasteiger partial charge in [0.2, 0.25) is 0 Å². The molecule has 1 aromatic carbocycles. The van der Waals surface area contributed by atoms with E-state index >= 15 is 0 Å². The number of hydrogen-bond donors (Lipinski definition) is 2. The van der Waals surface area contributed by atoms with Gasteiger partial charge in [0.1, 0.15) is 0 Å². The van der Waals surface area contributed by atoms with E-state index in [4.69, 9.17) is 5.84 Å². The molecular formula is C14H21F3N2. The van der Waals surface area contributed by atoms with E-state index in [-0.39, 0.29) is 6.04 Å². The molecule has 3 N–H and O–H groups in total. The summed E-state index contributed by atoms with van der Waals surface area (Å²) in [7, 11) is 0. The molecule has 1 unspecified atom stereocenters. The van der Waals surface area contributed by atoms with Crippen molar-refractivity contribution < 1.29 is 13.2 Å². The molecule has 0 aliphatic rings. The minimum Gasteiger partial charge on any atom is -0.271 e. The van der Waals surface area contributed by atoms with E-state index < -0.39 is 11.7 Å². The molecule has 1 rings (SSSR count). The highest BCUT2D eigenvalue weighted by Gasteiger charge is 2.31. The minimum atomic E-state index is -4.30. The van der Waals surface area contributed by atoms with Crippen LogP contribution in [0.25, 0.3) is 0 Å². The highest BCUT2D eigenvalue weighted by Crippen LogP contribution is 2.34. The summed E-state index contributed by atoms with van der Waals surface area (Å²) in [6.45, 7) is 5.80. The first-order valence-corrected chi connectivity index (χ1v) is 6.49. The zero-order chi connectivity index (χ0) is 14.6. The molecular weight excluding hydrogens is 253 g/mol. The molecule has 1 aromatic rings. The van der Waals surface area contributed by atoms with Crippen LogP contribution >= 0.6 is 0 Å². The molecule has 108 valence electrons. The summed E-state index contributed by atoms with van der Waals surface area (Å²) in [6.07, 6.45) is -2.46. The predicted octanol–water partition coefficient (Wildman–Crippen LogP) is 3.95. The molecule has 0 saturated heterocycles. The number of alkyl halides is 3. The van der Waals surface area contributed by atoms with Crippen LogP contribution < -0.4 is 11.3 Å². The van der Waals surface area contributed by atoms with Gasteiger partial charge in [0, 0.05) is 6.04 Å². The third-order valence-corrected chi connectivity index (χ3v) is 3.63. The molecule has 0 radical (unpaired) electrons. The Morgan fingerprint density at radius 1 is 1.21 bits per heavy atom. The second kappa shape index (κ2) is 6.39. The van der Waals surface area contributed by atoms with Crippen molar-refractivity contribution in [2.75, 3.05) is 0 Å². The number of rotatable bonds is 5. The summed E-state index contributed by atoms with van der Waals surface area (Å²) in [4.78, 5) is 0. The second-order valence-corrected chi connectivity index (χ2v) is 4.79. The lowest BCUT2D eigenvalue weighted by atomic mass is 9.86. The maximum Gasteiger partial charge on any atom is 0.416 e. The Balaban J connectivity index is 3.13. The minimum absolute atomic E-state index is 0.114. The van der Waals surface area contributed by atoms with Gasteiger partial charge in [-0.3, -0.25) is 11.3 Å². The lowest BCUT2D eigenvalue weighted by molar-refractivity contribution is -0.137. The monoisotopic (exact) mass is 274 g/mol. The van der Waals surface area contributed by atoms with Crippen molar-refractivity contribution >= 4 is 0 Å². The van der Waals surface area contributed by atoms with E-state index in [0.29, 0.717) is 11.5 Å². The molecule has 0 aliphatic heterocycles. The quantitative estimate of drug-likeness (QED) is 0.630. The van der Waals surface area contributed by atoms with Crippen molar-refractivity contribution in [3.63, 3.8) is 0 Å². The van der Waals surface area contributed by atoms with E-state index in [1.807, 2.05) is 0 Å². The Kier molecular flexibility index (Phi) is 5.38. The van der Waals surface area contributed by atoms with Crippen LogP contribution in [-0.4, -0.2) is 0 Å². The molecule has 0 fully saturated rings. The Labute approximate surface area is 112 Å². The lowest BCUT2D eigenvalue weighted by Crippen LogP contribution is -2.33. The van der Waals surface area contributed by atoms with Crippen LogP contribution in [-0.2, 0) is 6.18 Å². The van der Waals surface area contributed by atoms with E-state index in [9.17, 15) is 13.2 Å². The van der Waals surface area contributed by atoms with Crippen molar-refractivity contribution in [1.29, 1.82) is 0 Å². The van der Waals surface area contributed by atoms with Gasteiger partial charge in [-0.15, -0.1) is 0 Å². The normalized spacial score (nSPS) is 13.9. The highest BCUT2D eigenvalue weighted by molar-refractivity contribution is 5.35. The zero-order valence-corrected chi connectivity index (χ0v) is 11.5. The Morgan fingerprint density at radius 3 is 2.16 bits per heavy atom. The molecule has 5 heteroatoms. The first-order valence-electron chi connectivity index (χ1n) is 6.49. The van der Waals surface area contributed by atoms with Crippen molar-refractivity contribution in [3.05, 3.63) is 34.9 Å².